The van der Waals surface area contributed by atoms with Crippen molar-refractivity contribution in [3.63, 3.8) is 0 Å². The summed E-state index contributed by atoms with van der Waals surface area (Å²) >= 11 is 3.34. The number of benzene rings is 2. The van der Waals surface area contributed by atoms with Gasteiger partial charge in [-0.15, -0.1) is 0 Å². The summed E-state index contributed by atoms with van der Waals surface area (Å²) in [5.41, 5.74) is 7.99. The van der Waals surface area contributed by atoms with Crippen molar-refractivity contribution in [2.75, 3.05) is 17.7 Å². The lowest BCUT2D eigenvalue weighted by atomic mass is 10.1. The van der Waals surface area contributed by atoms with E-state index in [1.807, 2.05) is 25.1 Å². The summed E-state index contributed by atoms with van der Waals surface area (Å²) in [5, 5.41) is 2.78. The summed E-state index contributed by atoms with van der Waals surface area (Å²) in [6.45, 7) is 1.82. The van der Waals surface area contributed by atoms with E-state index < -0.39 is 0 Å². The first-order valence-electron chi connectivity index (χ1n) is 6.09. The molecule has 0 bridgehead atoms. The van der Waals surface area contributed by atoms with Crippen LogP contribution in [0.2, 0.25) is 0 Å². The van der Waals surface area contributed by atoms with Gasteiger partial charge in [-0.1, -0.05) is 22.0 Å². The third-order valence-corrected chi connectivity index (χ3v) is 3.36. The number of nitrogen functional groups attached to an aromatic ring is 1. The Morgan fingerprint density at radius 1 is 1.25 bits per heavy atom. The second kappa shape index (κ2) is 6.43. The highest BCUT2D eigenvalue weighted by Crippen LogP contribution is 2.20. The van der Waals surface area contributed by atoms with Gasteiger partial charge in [0.25, 0.3) is 5.91 Å². The lowest BCUT2D eigenvalue weighted by Gasteiger charge is -2.11. The van der Waals surface area contributed by atoms with Crippen LogP contribution in [0.1, 0.15) is 5.56 Å². The molecule has 0 heterocycles. The first-order valence-corrected chi connectivity index (χ1v) is 6.89. The minimum absolute atomic E-state index is 0.0458. The number of nitrogens with one attached hydrogen (secondary N) is 1. The molecule has 0 aliphatic heterocycles. The molecular weight excluding hydrogens is 320 g/mol. The van der Waals surface area contributed by atoms with Crippen molar-refractivity contribution in [3.8, 4) is 5.75 Å². The molecule has 0 fully saturated rings. The van der Waals surface area contributed by atoms with E-state index in [9.17, 15) is 4.79 Å². The normalized spacial score (nSPS) is 10.1. The fourth-order valence-electron chi connectivity index (χ4n) is 1.65. The van der Waals surface area contributed by atoms with Gasteiger partial charge >= 0.3 is 0 Å². The molecule has 2 rings (SSSR count). The van der Waals surface area contributed by atoms with Crippen molar-refractivity contribution in [2.24, 2.45) is 0 Å². The zero-order chi connectivity index (χ0) is 14.5. The van der Waals surface area contributed by atoms with Gasteiger partial charge in [-0.05, 0) is 48.9 Å². The number of amides is 1. The number of hydrogen-bond donors (Lipinski definition) is 2. The van der Waals surface area contributed by atoms with Crippen LogP contribution in [0.5, 0.6) is 5.75 Å². The van der Waals surface area contributed by atoms with E-state index in [2.05, 4.69) is 21.2 Å². The monoisotopic (exact) mass is 334 g/mol. The topological polar surface area (TPSA) is 64.3 Å². The number of hydrogen-bond acceptors (Lipinski definition) is 3. The maximum atomic E-state index is 11.8. The molecule has 4 nitrogen and oxygen atoms in total. The Balaban J connectivity index is 1.92. The van der Waals surface area contributed by atoms with E-state index in [-0.39, 0.29) is 12.5 Å². The van der Waals surface area contributed by atoms with E-state index >= 15 is 0 Å². The summed E-state index contributed by atoms with van der Waals surface area (Å²) in [6, 6.07) is 12.7. The highest BCUT2D eigenvalue weighted by molar-refractivity contribution is 9.10. The highest BCUT2D eigenvalue weighted by Gasteiger charge is 2.07. The Kier molecular flexibility index (Phi) is 4.63. The number of halogens is 1. The summed E-state index contributed by atoms with van der Waals surface area (Å²) in [4.78, 5) is 11.8. The lowest BCUT2D eigenvalue weighted by Crippen LogP contribution is -2.20. The molecule has 1 amide bonds. The molecule has 0 atom stereocenters. The number of ether oxygens (including phenoxy) is 1. The van der Waals surface area contributed by atoms with E-state index in [1.165, 1.54) is 0 Å². The van der Waals surface area contributed by atoms with Crippen molar-refractivity contribution in [3.05, 3.63) is 52.5 Å². The Bertz CT molecular complexity index is 612. The standard InChI is InChI=1S/C15H15BrN2O2/c1-10-13(17)3-2-4-14(10)18-15(19)9-20-12-7-5-11(16)6-8-12/h2-8H,9,17H2,1H3,(H,18,19). The number of carbonyl (C=O) groups excluding carboxylic acids is 1. The van der Waals surface area contributed by atoms with E-state index in [0.29, 0.717) is 17.1 Å². The second-order valence-corrected chi connectivity index (χ2v) is 5.23. The molecule has 0 spiro atoms. The molecule has 20 heavy (non-hydrogen) atoms. The molecule has 0 aliphatic carbocycles. The molecule has 3 N–H and O–H groups in total. The van der Waals surface area contributed by atoms with Gasteiger partial charge in [0.2, 0.25) is 0 Å². The van der Waals surface area contributed by atoms with Crippen LogP contribution in [-0.4, -0.2) is 12.5 Å². The fraction of sp³-hybridized carbons (Fsp3) is 0.133. The van der Waals surface area contributed by atoms with Crippen LogP contribution in [0, 0.1) is 6.92 Å². The third kappa shape index (κ3) is 3.74. The number of carbonyl (C=O) groups is 1. The van der Waals surface area contributed by atoms with Crippen molar-refractivity contribution in [1.82, 2.24) is 0 Å². The molecule has 2 aromatic carbocycles. The average molecular weight is 335 g/mol. The first-order chi connectivity index (χ1) is 9.56. The molecule has 5 heteroatoms. The van der Waals surface area contributed by atoms with Crippen molar-refractivity contribution in [2.45, 2.75) is 6.92 Å². The van der Waals surface area contributed by atoms with E-state index in [4.69, 9.17) is 10.5 Å². The molecule has 0 saturated heterocycles. The summed E-state index contributed by atoms with van der Waals surface area (Å²) < 4.78 is 6.36. The zero-order valence-corrected chi connectivity index (χ0v) is 12.6. The summed E-state index contributed by atoms with van der Waals surface area (Å²) in [6.07, 6.45) is 0. The van der Waals surface area contributed by atoms with Gasteiger partial charge in [0.15, 0.2) is 6.61 Å². The summed E-state index contributed by atoms with van der Waals surface area (Å²) in [5.74, 6) is 0.425. The fourth-order valence-corrected chi connectivity index (χ4v) is 1.92. The average Bonchev–Trinajstić information content (AvgIpc) is 2.43. The van der Waals surface area contributed by atoms with Gasteiger partial charge in [0.05, 0.1) is 0 Å². The first kappa shape index (κ1) is 14.4. The van der Waals surface area contributed by atoms with Crippen LogP contribution >= 0.6 is 15.9 Å². The molecule has 0 saturated carbocycles. The molecular formula is C15H15BrN2O2. The largest absolute Gasteiger partial charge is 0.484 e. The SMILES string of the molecule is Cc1c(N)cccc1NC(=O)COc1ccc(Br)cc1. The summed E-state index contributed by atoms with van der Waals surface area (Å²) in [7, 11) is 0. The van der Waals surface area contributed by atoms with Gasteiger partial charge in [-0.3, -0.25) is 4.79 Å². The van der Waals surface area contributed by atoms with Gasteiger partial charge in [-0.2, -0.15) is 0 Å². The van der Waals surface area contributed by atoms with E-state index in [0.717, 1.165) is 10.0 Å². The molecule has 0 unspecified atom stereocenters. The van der Waals surface area contributed by atoms with Gasteiger partial charge in [-0.25, -0.2) is 0 Å². The van der Waals surface area contributed by atoms with E-state index in [1.54, 1.807) is 24.3 Å². The molecule has 104 valence electrons. The Morgan fingerprint density at radius 2 is 1.95 bits per heavy atom. The van der Waals surface area contributed by atoms with Gasteiger partial charge < -0.3 is 15.8 Å². The predicted octanol–water partition coefficient (Wildman–Crippen LogP) is 3.36. The van der Waals surface area contributed by atoms with Crippen LogP contribution in [0.4, 0.5) is 11.4 Å². The van der Waals surface area contributed by atoms with Crippen LogP contribution in [-0.2, 0) is 4.79 Å². The van der Waals surface area contributed by atoms with Crippen molar-refractivity contribution < 1.29 is 9.53 Å². The maximum Gasteiger partial charge on any atom is 0.262 e. The smallest absolute Gasteiger partial charge is 0.262 e. The number of rotatable bonds is 4. The number of anilines is 2. The Hall–Kier alpha value is -2.01. The predicted molar refractivity (Wildman–Crippen MR) is 83.9 cm³/mol. The Labute approximate surface area is 126 Å². The van der Waals surface area contributed by atoms with Crippen LogP contribution in [0.25, 0.3) is 0 Å². The van der Waals surface area contributed by atoms with Gasteiger partial charge in [0, 0.05) is 15.8 Å². The Morgan fingerprint density at radius 3 is 2.65 bits per heavy atom. The molecule has 0 aliphatic rings. The minimum atomic E-state index is -0.221. The van der Waals surface area contributed by atoms with Crippen molar-refractivity contribution in [1.29, 1.82) is 0 Å². The lowest BCUT2D eigenvalue weighted by molar-refractivity contribution is -0.118. The van der Waals surface area contributed by atoms with Crippen molar-refractivity contribution >= 4 is 33.2 Å². The zero-order valence-electron chi connectivity index (χ0n) is 11.0. The third-order valence-electron chi connectivity index (χ3n) is 2.83. The quantitative estimate of drug-likeness (QED) is 0.842. The highest BCUT2D eigenvalue weighted by atomic mass is 79.9. The maximum absolute atomic E-state index is 11.8. The second-order valence-electron chi connectivity index (χ2n) is 4.31. The minimum Gasteiger partial charge on any atom is -0.484 e. The molecule has 2 aromatic rings. The van der Waals surface area contributed by atoms with Crippen LogP contribution in [0.3, 0.4) is 0 Å². The number of nitrogens with two attached hydrogens (primary N) is 1. The van der Waals surface area contributed by atoms with Crippen LogP contribution in [0.15, 0.2) is 46.9 Å². The molecule has 0 aromatic heterocycles. The van der Waals surface area contributed by atoms with Gasteiger partial charge in [0.1, 0.15) is 5.75 Å². The molecule has 0 radical (unpaired) electrons. The van der Waals surface area contributed by atoms with Crippen LogP contribution < -0.4 is 15.8 Å².